The fourth-order valence-electron chi connectivity index (χ4n) is 4.04. The molecule has 22 heavy (non-hydrogen) atoms. The van der Waals surface area contributed by atoms with E-state index in [-0.39, 0.29) is 23.3 Å². The van der Waals surface area contributed by atoms with Crippen molar-refractivity contribution in [3.63, 3.8) is 0 Å². The van der Waals surface area contributed by atoms with Crippen LogP contribution in [0.25, 0.3) is 0 Å². The second-order valence-corrected chi connectivity index (χ2v) is 7.47. The van der Waals surface area contributed by atoms with Gasteiger partial charge in [0.15, 0.2) is 0 Å². The third-order valence-corrected chi connectivity index (χ3v) is 5.67. The Balaban J connectivity index is 1.61. The van der Waals surface area contributed by atoms with Gasteiger partial charge in [0.05, 0.1) is 0 Å². The van der Waals surface area contributed by atoms with Crippen LogP contribution in [0.1, 0.15) is 64.2 Å². The van der Waals surface area contributed by atoms with Gasteiger partial charge in [-0.1, -0.05) is 19.3 Å². The van der Waals surface area contributed by atoms with Gasteiger partial charge in [-0.05, 0) is 50.5 Å². The number of nitrogens with two attached hydrogens (primary N) is 1. The third-order valence-electron chi connectivity index (χ3n) is 5.67. The van der Waals surface area contributed by atoms with Crippen LogP contribution in [0.2, 0.25) is 0 Å². The van der Waals surface area contributed by atoms with Crippen molar-refractivity contribution in [2.75, 3.05) is 13.1 Å². The summed E-state index contributed by atoms with van der Waals surface area (Å²) in [6, 6.07) is 0.116. The summed E-state index contributed by atoms with van der Waals surface area (Å²) in [7, 11) is 0. The number of likely N-dealkylation sites (tertiary alicyclic amines) is 1. The number of rotatable bonds is 5. The Kier molecular flexibility index (Phi) is 4.71. The number of carbonyl (C=O) groups is 2. The summed E-state index contributed by atoms with van der Waals surface area (Å²) < 4.78 is 0. The van der Waals surface area contributed by atoms with Gasteiger partial charge in [0.1, 0.15) is 6.04 Å². The standard InChI is InChI=1S/C17H29N3O2/c18-12-17(8-2-1-3-9-17)11-15(21)20-10-4-5-14(20)16(22)19-13-6-7-13/h13-14H,1-12,18H2,(H,19,22). The molecular formula is C17H29N3O2. The number of hydrogen-bond acceptors (Lipinski definition) is 3. The second kappa shape index (κ2) is 6.57. The fourth-order valence-corrected chi connectivity index (χ4v) is 4.04. The van der Waals surface area contributed by atoms with Gasteiger partial charge in [0.25, 0.3) is 0 Å². The molecule has 5 nitrogen and oxygen atoms in total. The van der Waals surface area contributed by atoms with E-state index in [1.165, 1.54) is 19.3 Å². The zero-order valence-electron chi connectivity index (χ0n) is 13.5. The molecule has 1 aliphatic heterocycles. The molecular weight excluding hydrogens is 278 g/mol. The van der Waals surface area contributed by atoms with Crippen LogP contribution >= 0.6 is 0 Å². The van der Waals surface area contributed by atoms with Gasteiger partial charge in [0, 0.05) is 19.0 Å². The van der Waals surface area contributed by atoms with Crippen LogP contribution in [0.15, 0.2) is 0 Å². The van der Waals surface area contributed by atoms with Gasteiger partial charge in [-0.25, -0.2) is 0 Å². The van der Waals surface area contributed by atoms with Gasteiger partial charge >= 0.3 is 0 Å². The molecule has 1 unspecified atom stereocenters. The van der Waals surface area contributed by atoms with Gasteiger partial charge in [-0.15, -0.1) is 0 Å². The monoisotopic (exact) mass is 307 g/mol. The molecule has 1 atom stereocenters. The van der Waals surface area contributed by atoms with Gasteiger partial charge in [0.2, 0.25) is 11.8 Å². The van der Waals surface area contributed by atoms with E-state index in [1.807, 2.05) is 4.90 Å². The lowest BCUT2D eigenvalue weighted by Gasteiger charge is -2.37. The number of nitrogens with one attached hydrogen (secondary N) is 1. The largest absolute Gasteiger partial charge is 0.352 e. The Bertz CT molecular complexity index is 428. The highest BCUT2D eigenvalue weighted by Gasteiger charge is 2.40. The van der Waals surface area contributed by atoms with Crippen molar-refractivity contribution in [2.45, 2.75) is 76.3 Å². The molecule has 124 valence electrons. The summed E-state index contributed by atoms with van der Waals surface area (Å²) in [5, 5.41) is 3.05. The lowest BCUT2D eigenvalue weighted by atomic mass is 9.71. The maximum atomic E-state index is 12.8. The lowest BCUT2D eigenvalue weighted by molar-refractivity contribution is -0.140. The molecule has 0 spiro atoms. The SMILES string of the molecule is NCC1(CC(=O)N2CCCC2C(=O)NC2CC2)CCCCC1. The summed E-state index contributed by atoms with van der Waals surface area (Å²) >= 11 is 0. The van der Waals surface area contributed by atoms with Crippen molar-refractivity contribution in [2.24, 2.45) is 11.1 Å². The van der Waals surface area contributed by atoms with E-state index in [1.54, 1.807) is 0 Å². The van der Waals surface area contributed by atoms with E-state index in [0.717, 1.165) is 45.1 Å². The highest BCUT2D eigenvalue weighted by atomic mass is 16.2. The number of amides is 2. The fraction of sp³-hybridized carbons (Fsp3) is 0.882. The molecule has 0 radical (unpaired) electrons. The first-order valence-electron chi connectivity index (χ1n) is 8.93. The Morgan fingerprint density at radius 2 is 1.82 bits per heavy atom. The molecule has 3 N–H and O–H groups in total. The molecule has 3 rings (SSSR count). The zero-order valence-corrected chi connectivity index (χ0v) is 13.5. The van der Waals surface area contributed by atoms with Crippen LogP contribution < -0.4 is 11.1 Å². The Morgan fingerprint density at radius 1 is 1.09 bits per heavy atom. The normalized spacial score (nSPS) is 27.7. The average Bonchev–Trinajstić information content (AvgIpc) is 3.19. The third kappa shape index (κ3) is 3.45. The summed E-state index contributed by atoms with van der Waals surface area (Å²) in [6.45, 7) is 1.31. The van der Waals surface area contributed by atoms with Crippen LogP contribution in [0.5, 0.6) is 0 Å². The van der Waals surface area contributed by atoms with Crippen LogP contribution in [0.3, 0.4) is 0 Å². The molecule has 0 aromatic rings. The highest BCUT2D eigenvalue weighted by molar-refractivity contribution is 5.88. The van der Waals surface area contributed by atoms with Crippen molar-refractivity contribution in [3.8, 4) is 0 Å². The van der Waals surface area contributed by atoms with Crippen molar-refractivity contribution in [1.29, 1.82) is 0 Å². The van der Waals surface area contributed by atoms with Gasteiger partial charge < -0.3 is 16.0 Å². The maximum Gasteiger partial charge on any atom is 0.243 e. The molecule has 1 heterocycles. The van der Waals surface area contributed by atoms with Crippen molar-refractivity contribution >= 4 is 11.8 Å². The summed E-state index contributed by atoms with van der Waals surface area (Å²) in [4.78, 5) is 26.9. The number of carbonyl (C=O) groups excluding carboxylic acids is 2. The highest BCUT2D eigenvalue weighted by Crippen LogP contribution is 2.39. The molecule has 2 aliphatic carbocycles. The molecule has 3 aliphatic rings. The number of hydrogen-bond donors (Lipinski definition) is 2. The van der Waals surface area contributed by atoms with E-state index in [2.05, 4.69) is 5.32 Å². The van der Waals surface area contributed by atoms with E-state index < -0.39 is 0 Å². The predicted octanol–water partition coefficient (Wildman–Crippen LogP) is 1.56. The van der Waals surface area contributed by atoms with Crippen LogP contribution in [-0.4, -0.2) is 41.9 Å². The molecule has 2 amide bonds. The molecule has 2 saturated carbocycles. The molecule has 0 aromatic carbocycles. The van der Waals surface area contributed by atoms with E-state index >= 15 is 0 Å². The predicted molar refractivity (Wildman–Crippen MR) is 85.1 cm³/mol. The first kappa shape index (κ1) is 15.8. The molecule has 3 fully saturated rings. The van der Waals surface area contributed by atoms with Crippen LogP contribution in [0.4, 0.5) is 0 Å². The average molecular weight is 307 g/mol. The van der Waals surface area contributed by atoms with Gasteiger partial charge in [-0.2, -0.15) is 0 Å². The minimum atomic E-state index is -0.244. The quantitative estimate of drug-likeness (QED) is 0.809. The molecule has 0 aromatic heterocycles. The van der Waals surface area contributed by atoms with Crippen LogP contribution in [0, 0.1) is 5.41 Å². The molecule has 1 saturated heterocycles. The second-order valence-electron chi connectivity index (χ2n) is 7.47. The Hall–Kier alpha value is -1.10. The van der Waals surface area contributed by atoms with E-state index in [0.29, 0.717) is 19.0 Å². The van der Waals surface area contributed by atoms with Crippen molar-refractivity contribution in [1.82, 2.24) is 10.2 Å². The first-order valence-corrected chi connectivity index (χ1v) is 8.93. The minimum absolute atomic E-state index is 0.0184. The topological polar surface area (TPSA) is 75.4 Å². The molecule has 5 heteroatoms. The minimum Gasteiger partial charge on any atom is -0.352 e. The Labute approximate surface area is 133 Å². The first-order chi connectivity index (χ1) is 10.6. The number of nitrogens with zero attached hydrogens (tertiary/aromatic N) is 1. The smallest absolute Gasteiger partial charge is 0.243 e. The zero-order chi connectivity index (χ0) is 15.6. The van der Waals surface area contributed by atoms with Crippen LogP contribution in [-0.2, 0) is 9.59 Å². The van der Waals surface area contributed by atoms with E-state index in [4.69, 9.17) is 5.73 Å². The van der Waals surface area contributed by atoms with Crippen molar-refractivity contribution in [3.05, 3.63) is 0 Å². The summed E-state index contributed by atoms with van der Waals surface area (Å²) in [5.74, 6) is 0.194. The maximum absolute atomic E-state index is 12.8. The summed E-state index contributed by atoms with van der Waals surface area (Å²) in [6.07, 6.45) is 10.2. The summed E-state index contributed by atoms with van der Waals surface area (Å²) in [5.41, 5.74) is 5.99. The van der Waals surface area contributed by atoms with Crippen molar-refractivity contribution < 1.29 is 9.59 Å². The Morgan fingerprint density at radius 3 is 2.45 bits per heavy atom. The lowest BCUT2D eigenvalue weighted by Crippen LogP contribution is -2.48. The molecule has 0 bridgehead atoms. The van der Waals surface area contributed by atoms with E-state index in [9.17, 15) is 9.59 Å². The van der Waals surface area contributed by atoms with Gasteiger partial charge in [-0.3, -0.25) is 9.59 Å².